The molecule has 0 saturated heterocycles. The lowest BCUT2D eigenvalue weighted by Crippen LogP contribution is -2.43. The van der Waals surface area contributed by atoms with Crippen LogP contribution in [0.3, 0.4) is 0 Å². The lowest BCUT2D eigenvalue weighted by atomic mass is 9.98. The minimum atomic E-state index is -0.570. The molecule has 0 radical (unpaired) electrons. The molecule has 0 saturated carbocycles. The Morgan fingerprint density at radius 3 is 2.32 bits per heavy atom. The standard InChI is InChI=1S/C21H22N4O3/c1-3-25-21(28)17-12-8-7-11-16(17)19(24-25)20(27)23-22-18(26)13-14(2)15-9-5-4-6-10-15/h4-12,14H,3,13H2,1-2H3,(H,22,26)(H,23,27)/t14-/m1/s1. The number of amides is 2. The molecule has 144 valence electrons. The molecule has 1 aromatic heterocycles. The minimum Gasteiger partial charge on any atom is -0.273 e. The summed E-state index contributed by atoms with van der Waals surface area (Å²) in [6.45, 7) is 4.06. The first-order valence-corrected chi connectivity index (χ1v) is 9.15. The lowest BCUT2D eigenvalue weighted by Gasteiger charge is -2.13. The summed E-state index contributed by atoms with van der Waals surface area (Å²) in [7, 11) is 0. The van der Waals surface area contributed by atoms with Gasteiger partial charge in [0.15, 0.2) is 5.69 Å². The van der Waals surface area contributed by atoms with Gasteiger partial charge in [0, 0.05) is 18.4 Å². The average Bonchev–Trinajstić information content (AvgIpc) is 2.73. The molecule has 0 spiro atoms. The molecule has 0 bridgehead atoms. The Hall–Kier alpha value is -3.48. The van der Waals surface area contributed by atoms with Crippen molar-refractivity contribution < 1.29 is 9.59 Å². The number of aromatic nitrogens is 2. The van der Waals surface area contributed by atoms with Crippen molar-refractivity contribution in [2.24, 2.45) is 0 Å². The van der Waals surface area contributed by atoms with Crippen LogP contribution in [0.15, 0.2) is 59.4 Å². The first-order valence-electron chi connectivity index (χ1n) is 9.15. The quantitative estimate of drug-likeness (QED) is 0.667. The smallest absolute Gasteiger partial charge is 0.273 e. The minimum absolute atomic E-state index is 0.0130. The Morgan fingerprint density at radius 2 is 1.64 bits per heavy atom. The Labute approximate surface area is 162 Å². The van der Waals surface area contributed by atoms with Crippen molar-refractivity contribution in [1.29, 1.82) is 0 Å². The molecular weight excluding hydrogens is 356 g/mol. The van der Waals surface area contributed by atoms with Crippen LogP contribution in [-0.2, 0) is 11.3 Å². The van der Waals surface area contributed by atoms with Gasteiger partial charge >= 0.3 is 0 Å². The Balaban J connectivity index is 1.72. The third-order valence-electron chi connectivity index (χ3n) is 4.56. The fourth-order valence-electron chi connectivity index (χ4n) is 3.03. The molecule has 0 aliphatic carbocycles. The van der Waals surface area contributed by atoms with Crippen LogP contribution in [0.2, 0.25) is 0 Å². The zero-order valence-corrected chi connectivity index (χ0v) is 15.8. The normalized spacial score (nSPS) is 11.8. The van der Waals surface area contributed by atoms with Crippen LogP contribution in [0.4, 0.5) is 0 Å². The van der Waals surface area contributed by atoms with Crippen molar-refractivity contribution in [2.75, 3.05) is 0 Å². The maximum atomic E-state index is 12.6. The molecule has 3 aromatic rings. The predicted molar refractivity (Wildman–Crippen MR) is 107 cm³/mol. The van der Waals surface area contributed by atoms with E-state index < -0.39 is 5.91 Å². The second-order valence-corrected chi connectivity index (χ2v) is 6.53. The molecular formula is C21H22N4O3. The van der Waals surface area contributed by atoms with Crippen molar-refractivity contribution in [3.8, 4) is 0 Å². The number of hydrogen-bond acceptors (Lipinski definition) is 4. The van der Waals surface area contributed by atoms with Crippen LogP contribution in [0.1, 0.15) is 42.2 Å². The van der Waals surface area contributed by atoms with Crippen LogP contribution >= 0.6 is 0 Å². The molecule has 0 unspecified atom stereocenters. The highest BCUT2D eigenvalue weighted by Gasteiger charge is 2.17. The molecule has 2 amide bonds. The number of hydrazine groups is 1. The van der Waals surface area contributed by atoms with E-state index in [1.165, 1.54) is 4.68 Å². The molecule has 0 aliphatic heterocycles. The fraction of sp³-hybridized carbons (Fsp3) is 0.238. The van der Waals surface area contributed by atoms with Crippen LogP contribution in [0, 0.1) is 0 Å². The van der Waals surface area contributed by atoms with E-state index in [4.69, 9.17) is 0 Å². The number of aryl methyl sites for hydroxylation is 1. The predicted octanol–water partition coefficient (Wildman–Crippen LogP) is 2.37. The highest BCUT2D eigenvalue weighted by Crippen LogP contribution is 2.18. The van der Waals surface area contributed by atoms with Gasteiger partial charge in [-0.3, -0.25) is 25.2 Å². The van der Waals surface area contributed by atoms with E-state index in [0.717, 1.165) is 5.56 Å². The molecule has 28 heavy (non-hydrogen) atoms. The lowest BCUT2D eigenvalue weighted by molar-refractivity contribution is -0.122. The van der Waals surface area contributed by atoms with Gasteiger partial charge < -0.3 is 0 Å². The van der Waals surface area contributed by atoms with Gasteiger partial charge in [-0.2, -0.15) is 5.10 Å². The topological polar surface area (TPSA) is 93.1 Å². The highest BCUT2D eigenvalue weighted by molar-refractivity contribution is 6.05. The van der Waals surface area contributed by atoms with Crippen LogP contribution in [0.5, 0.6) is 0 Å². The molecule has 0 aliphatic rings. The summed E-state index contributed by atoms with van der Waals surface area (Å²) in [4.78, 5) is 37.2. The van der Waals surface area contributed by atoms with Gasteiger partial charge in [0.25, 0.3) is 11.5 Å². The van der Waals surface area contributed by atoms with Crippen LogP contribution < -0.4 is 16.4 Å². The Kier molecular flexibility index (Phi) is 5.84. The molecule has 2 aromatic carbocycles. The third-order valence-corrected chi connectivity index (χ3v) is 4.56. The fourth-order valence-corrected chi connectivity index (χ4v) is 3.03. The van der Waals surface area contributed by atoms with Crippen molar-refractivity contribution in [3.63, 3.8) is 0 Å². The van der Waals surface area contributed by atoms with Gasteiger partial charge in [-0.25, -0.2) is 4.68 Å². The van der Waals surface area contributed by atoms with E-state index in [2.05, 4.69) is 16.0 Å². The van der Waals surface area contributed by atoms with E-state index in [1.807, 2.05) is 37.3 Å². The monoisotopic (exact) mass is 378 g/mol. The zero-order valence-electron chi connectivity index (χ0n) is 15.8. The third kappa shape index (κ3) is 4.09. The van der Waals surface area contributed by atoms with Gasteiger partial charge in [0.05, 0.1) is 5.39 Å². The van der Waals surface area contributed by atoms with Crippen molar-refractivity contribution in [1.82, 2.24) is 20.6 Å². The second kappa shape index (κ2) is 8.47. The maximum Gasteiger partial charge on any atom is 0.290 e. The van der Waals surface area contributed by atoms with Gasteiger partial charge in [-0.15, -0.1) is 0 Å². The summed E-state index contributed by atoms with van der Waals surface area (Å²) in [5.41, 5.74) is 5.72. The highest BCUT2D eigenvalue weighted by atomic mass is 16.2. The number of nitrogens with one attached hydrogen (secondary N) is 2. The number of benzene rings is 2. The van der Waals surface area contributed by atoms with Gasteiger partial charge in [-0.1, -0.05) is 55.5 Å². The average molecular weight is 378 g/mol. The maximum absolute atomic E-state index is 12.6. The number of fused-ring (bicyclic) bond motifs is 1. The molecule has 1 atom stereocenters. The molecule has 2 N–H and O–H groups in total. The molecule has 7 heteroatoms. The van der Waals surface area contributed by atoms with E-state index in [-0.39, 0.29) is 29.5 Å². The zero-order chi connectivity index (χ0) is 20.1. The van der Waals surface area contributed by atoms with Gasteiger partial charge in [-0.05, 0) is 24.5 Å². The SMILES string of the molecule is CCn1nc(C(=O)NNC(=O)C[C@@H](C)c2ccccc2)c2ccccc2c1=O. The van der Waals surface area contributed by atoms with Crippen molar-refractivity contribution >= 4 is 22.6 Å². The van der Waals surface area contributed by atoms with Crippen molar-refractivity contribution in [2.45, 2.75) is 32.7 Å². The van der Waals surface area contributed by atoms with E-state index in [0.29, 0.717) is 17.3 Å². The summed E-state index contributed by atoms with van der Waals surface area (Å²) >= 11 is 0. The van der Waals surface area contributed by atoms with Crippen LogP contribution in [-0.4, -0.2) is 21.6 Å². The Bertz CT molecular complexity index is 1060. The molecule has 3 rings (SSSR count). The van der Waals surface area contributed by atoms with Crippen molar-refractivity contribution in [3.05, 3.63) is 76.2 Å². The first kappa shape index (κ1) is 19.3. The summed E-state index contributed by atoms with van der Waals surface area (Å²) in [6, 6.07) is 16.5. The summed E-state index contributed by atoms with van der Waals surface area (Å²) in [5, 5.41) is 5.00. The van der Waals surface area contributed by atoms with Gasteiger partial charge in [0.1, 0.15) is 0 Å². The summed E-state index contributed by atoms with van der Waals surface area (Å²) in [5.74, 6) is -0.865. The second-order valence-electron chi connectivity index (χ2n) is 6.53. The van der Waals surface area contributed by atoms with E-state index in [1.54, 1.807) is 31.2 Å². The Morgan fingerprint density at radius 1 is 1.00 bits per heavy atom. The van der Waals surface area contributed by atoms with Gasteiger partial charge in [0.2, 0.25) is 5.91 Å². The number of carbonyl (C=O) groups excluding carboxylic acids is 2. The first-order chi connectivity index (χ1) is 13.5. The number of carbonyl (C=O) groups is 2. The van der Waals surface area contributed by atoms with E-state index >= 15 is 0 Å². The number of rotatable bonds is 5. The van der Waals surface area contributed by atoms with E-state index in [9.17, 15) is 14.4 Å². The number of hydrogen-bond donors (Lipinski definition) is 2. The summed E-state index contributed by atoms with van der Waals surface area (Å²) in [6.07, 6.45) is 0.229. The number of nitrogens with zero attached hydrogens (tertiary/aromatic N) is 2. The molecule has 0 fully saturated rings. The largest absolute Gasteiger partial charge is 0.290 e. The van der Waals surface area contributed by atoms with Crippen LogP contribution in [0.25, 0.3) is 10.8 Å². The molecule has 1 heterocycles. The summed E-state index contributed by atoms with van der Waals surface area (Å²) < 4.78 is 1.23. The molecule has 7 nitrogen and oxygen atoms in total.